The molecule has 0 bridgehead atoms. The summed E-state index contributed by atoms with van der Waals surface area (Å²) in [6.07, 6.45) is 3.06. The van der Waals surface area contributed by atoms with Gasteiger partial charge in [-0.2, -0.15) is 0 Å². The third kappa shape index (κ3) is 4.02. The first-order chi connectivity index (χ1) is 16.3. The van der Waals surface area contributed by atoms with E-state index in [2.05, 4.69) is 9.97 Å². The maximum absolute atomic E-state index is 12.5. The standard InChI is InChI=1S/C24H16N2O6S2/c1-33(29)15-7-9-19-17(11-15)23(27)31-21(25-19)13-3-5-14(6-4-13)22-26-20-10-8-16(34(2)30)12-18(20)24(28)32-22/h3-12H,1-2H3. The average Bonchev–Trinajstić information content (AvgIpc) is 2.83. The van der Waals surface area contributed by atoms with Crippen molar-refractivity contribution in [3.8, 4) is 22.9 Å². The fourth-order valence-electron chi connectivity index (χ4n) is 3.46. The lowest BCUT2D eigenvalue weighted by molar-refractivity contribution is 0.516. The van der Waals surface area contributed by atoms with Crippen molar-refractivity contribution in [2.24, 2.45) is 0 Å². The van der Waals surface area contributed by atoms with Gasteiger partial charge in [-0.1, -0.05) is 0 Å². The minimum absolute atomic E-state index is 0.127. The molecule has 2 atom stereocenters. The second-order valence-corrected chi connectivity index (χ2v) is 10.2. The molecule has 5 aromatic rings. The summed E-state index contributed by atoms with van der Waals surface area (Å²) in [4.78, 5) is 34.8. The van der Waals surface area contributed by atoms with E-state index in [1.807, 2.05) is 0 Å². The minimum atomic E-state index is -1.23. The smallest absolute Gasteiger partial charge is 0.347 e. The zero-order chi connectivity index (χ0) is 24.0. The molecule has 2 heterocycles. The fraction of sp³-hybridized carbons (Fsp3) is 0.0833. The van der Waals surface area contributed by atoms with Gasteiger partial charge in [-0.3, -0.25) is 8.42 Å². The van der Waals surface area contributed by atoms with Crippen LogP contribution >= 0.6 is 0 Å². The quantitative estimate of drug-likeness (QED) is 0.374. The molecule has 3 aromatic carbocycles. The highest BCUT2D eigenvalue weighted by atomic mass is 32.2. The second-order valence-electron chi connectivity index (χ2n) is 7.46. The molecule has 0 fully saturated rings. The van der Waals surface area contributed by atoms with Crippen molar-refractivity contribution in [2.45, 2.75) is 9.79 Å². The van der Waals surface area contributed by atoms with Crippen molar-refractivity contribution < 1.29 is 17.3 Å². The molecule has 0 amide bonds. The molecular weight excluding hydrogens is 476 g/mol. The SMILES string of the molecule is CS(=O)c1ccc2nc(-c3ccc(-c4nc5ccc(S(C)=O)cc5c(=O)o4)cc3)oc(=O)c2c1. The molecule has 5 rings (SSSR count). The number of benzene rings is 3. The Bertz CT molecular complexity index is 1630. The molecule has 0 saturated heterocycles. The Morgan fingerprint density at radius 1 is 0.618 bits per heavy atom. The summed E-state index contributed by atoms with van der Waals surface area (Å²) in [6, 6.07) is 16.3. The summed E-state index contributed by atoms with van der Waals surface area (Å²) in [5.74, 6) is 0.255. The third-order valence-corrected chi connectivity index (χ3v) is 7.08. The van der Waals surface area contributed by atoms with E-state index in [0.717, 1.165) is 0 Å². The lowest BCUT2D eigenvalue weighted by Crippen LogP contribution is -2.04. The summed E-state index contributed by atoms with van der Waals surface area (Å²) in [5, 5.41) is 0.510. The van der Waals surface area contributed by atoms with Crippen molar-refractivity contribution in [1.82, 2.24) is 9.97 Å². The monoisotopic (exact) mass is 492 g/mol. The number of rotatable bonds is 4. The highest BCUT2D eigenvalue weighted by molar-refractivity contribution is 7.84. The van der Waals surface area contributed by atoms with Crippen molar-refractivity contribution in [3.05, 3.63) is 81.5 Å². The van der Waals surface area contributed by atoms with E-state index in [4.69, 9.17) is 8.83 Å². The van der Waals surface area contributed by atoms with Gasteiger partial charge in [0.1, 0.15) is 0 Å². The lowest BCUT2D eigenvalue weighted by Gasteiger charge is -2.05. The zero-order valence-corrected chi connectivity index (χ0v) is 19.6. The molecule has 0 N–H and O–H groups in total. The number of hydrogen-bond donors (Lipinski definition) is 0. The van der Waals surface area contributed by atoms with Crippen molar-refractivity contribution in [1.29, 1.82) is 0 Å². The van der Waals surface area contributed by atoms with Gasteiger partial charge >= 0.3 is 11.3 Å². The third-order valence-electron chi connectivity index (χ3n) is 5.24. The fourth-order valence-corrected chi connectivity index (χ4v) is 4.55. The highest BCUT2D eigenvalue weighted by Gasteiger charge is 2.13. The Morgan fingerprint density at radius 3 is 1.35 bits per heavy atom. The molecule has 0 aliphatic rings. The van der Waals surface area contributed by atoms with Crippen molar-refractivity contribution in [3.63, 3.8) is 0 Å². The highest BCUT2D eigenvalue weighted by Crippen LogP contribution is 2.25. The van der Waals surface area contributed by atoms with E-state index in [0.29, 0.717) is 32.0 Å². The zero-order valence-electron chi connectivity index (χ0n) is 17.9. The molecule has 170 valence electrons. The van der Waals surface area contributed by atoms with Crippen molar-refractivity contribution >= 4 is 43.4 Å². The maximum atomic E-state index is 12.5. The van der Waals surface area contributed by atoms with Crippen LogP contribution in [-0.4, -0.2) is 30.9 Å². The first kappa shape index (κ1) is 22.1. The molecule has 8 nitrogen and oxygen atoms in total. The van der Waals surface area contributed by atoms with E-state index >= 15 is 0 Å². The number of fused-ring (bicyclic) bond motifs is 2. The second kappa shape index (κ2) is 8.54. The Kier molecular flexibility index (Phi) is 5.54. The van der Waals surface area contributed by atoms with Gasteiger partial charge in [0.2, 0.25) is 11.8 Å². The van der Waals surface area contributed by atoms with Gasteiger partial charge in [0.15, 0.2) is 0 Å². The summed E-state index contributed by atoms with van der Waals surface area (Å²) < 4.78 is 34.1. The maximum Gasteiger partial charge on any atom is 0.347 e. The predicted octanol–water partition coefficient (Wildman–Crippen LogP) is 3.50. The van der Waals surface area contributed by atoms with Crippen LogP contribution in [0.25, 0.3) is 44.7 Å². The van der Waals surface area contributed by atoms with Crippen LogP contribution in [0.1, 0.15) is 0 Å². The van der Waals surface area contributed by atoms with Gasteiger partial charge in [-0.25, -0.2) is 19.6 Å². The van der Waals surface area contributed by atoms with Gasteiger partial charge in [0.25, 0.3) is 0 Å². The lowest BCUT2D eigenvalue weighted by atomic mass is 10.1. The molecule has 2 unspecified atom stereocenters. The molecule has 0 aliphatic heterocycles. The summed E-state index contributed by atoms with van der Waals surface area (Å²) >= 11 is 0. The van der Waals surface area contributed by atoms with E-state index in [1.165, 1.54) is 24.6 Å². The van der Waals surface area contributed by atoms with E-state index < -0.39 is 32.9 Å². The first-order valence-electron chi connectivity index (χ1n) is 9.97. The number of hydrogen-bond acceptors (Lipinski definition) is 8. The molecule has 34 heavy (non-hydrogen) atoms. The van der Waals surface area contributed by atoms with Crippen LogP contribution in [0, 0.1) is 0 Å². The van der Waals surface area contributed by atoms with Crippen LogP contribution in [0.4, 0.5) is 0 Å². The predicted molar refractivity (Wildman–Crippen MR) is 130 cm³/mol. The molecule has 0 spiro atoms. The summed E-state index contributed by atoms with van der Waals surface area (Å²) in [5.41, 5.74) is 0.795. The first-order valence-corrected chi connectivity index (χ1v) is 13.1. The van der Waals surface area contributed by atoms with Gasteiger partial charge < -0.3 is 8.83 Å². The van der Waals surface area contributed by atoms with Gasteiger partial charge in [0.05, 0.1) is 21.8 Å². The van der Waals surface area contributed by atoms with Crippen molar-refractivity contribution in [2.75, 3.05) is 12.5 Å². The molecule has 0 saturated carbocycles. The van der Waals surface area contributed by atoms with Gasteiger partial charge in [0, 0.05) is 55.0 Å². The van der Waals surface area contributed by atoms with Crippen LogP contribution in [-0.2, 0) is 21.6 Å². The van der Waals surface area contributed by atoms with Crippen LogP contribution in [0.5, 0.6) is 0 Å². The van der Waals surface area contributed by atoms with E-state index in [1.54, 1.807) is 48.5 Å². The molecule has 0 aliphatic carbocycles. The summed E-state index contributed by atoms with van der Waals surface area (Å²) in [7, 11) is -2.46. The molecule has 10 heteroatoms. The number of nitrogens with zero attached hydrogens (tertiary/aromatic N) is 2. The van der Waals surface area contributed by atoms with E-state index in [-0.39, 0.29) is 22.6 Å². The molecule has 0 radical (unpaired) electrons. The Morgan fingerprint density at radius 2 is 1.00 bits per heavy atom. The van der Waals surface area contributed by atoms with Gasteiger partial charge in [-0.05, 0) is 60.7 Å². The minimum Gasteiger partial charge on any atom is -0.403 e. The van der Waals surface area contributed by atoms with E-state index in [9.17, 15) is 18.0 Å². The summed E-state index contributed by atoms with van der Waals surface area (Å²) in [6.45, 7) is 0. The van der Waals surface area contributed by atoms with Crippen LogP contribution in [0.3, 0.4) is 0 Å². The Balaban J connectivity index is 1.52. The van der Waals surface area contributed by atoms with Crippen LogP contribution in [0.2, 0.25) is 0 Å². The molecular formula is C24H16N2O6S2. The Labute approximate surface area is 197 Å². The van der Waals surface area contributed by atoms with Crippen LogP contribution < -0.4 is 11.3 Å². The largest absolute Gasteiger partial charge is 0.403 e. The normalized spacial score (nSPS) is 13.2. The van der Waals surface area contributed by atoms with Crippen LogP contribution in [0.15, 0.2) is 88.9 Å². The number of aromatic nitrogens is 2. The average molecular weight is 493 g/mol. The van der Waals surface area contributed by atoms with Gasteiger partial charge in [-0.15, -0.1) is 0 Å². The Hall–Kier alpha value is -3.76. The topological polar surface area (TPSA) is 120 Å². The molecule has 2 aromatic heterocycles.